The quantitative estimate of drug-likeness (QED) is 0.0761. The van der Waals surface area contributed by atoms with Crippen molar-refractivity contribution in [2.75, 3.05) is 33.0 Å². The van der Waals surface area contributed by atoms with Crippen molar-refractivity contribution in [2.24, 2.45) is 43.8 Å². The molecule has 99 heavy (non-hydrogen) atoms. The smallest absolute Gasteiger partial charge is 0.350 e. The molecule has 6 saturated heterocycles. The largest absolute Gasteiger partial charge is 0.465 e. The van der Waals surface area contributed by atoms with Gasteiger partial charge in [-0.2, -0.15) is 0 Å². The van der Waals surface area contributed by atoms with Gasteiger partial charge in [-0.05, 0) is 170 Å². The van der Waals surface area contributed by atoms with Gasteiger partial charge in [-0.15, -0.1) is 0 Å². The van der Waals surface area contributed by atoms with Crippen LogP contribution >= 0.6 is 0 Å². The van der Waals surface area contributed by atoms with Gasteiger partial charge < -0.3 is 61.6 Å². The molecule has 0 radical (unpaired) electrons. The van der Waals surface area contributed by atoms with Crippen LogP contribution in [-0.4, -0.2) is 157 Å². The zero-order valence-corrected chi connectivity index (χ0v) is 64.5. The van der Waals surface area contributed by atoms with Crippen LogP contribution in [0.3, 0.4) is 0 Å². The van der Waals surface area contributed by atoms with Gasteiger partial charge in [0.05, 0.1) is 71.8 Å². The third kappa shape index (κ3) is 27.2. The average molecular weight is 1410 g/mol. The van der Waals surface area contributed by atoms with Crippen LogP contribution in [0, 0.1) is 43.8 Å². The molecule has 0 spiro atoms. The molecule has 6 rings (SSSR count). The minimum absolute atomic E-state index is 0.0494. The first-order valence-corrected chi connectivity index (χ1v) is 34.6. The average Bonchev–Trinajstić information content (AvgIpc) is 1.77. The molecule has 0 aromatic heterocycles. The lowest BCUT2D eigenvalue weighted by atomic mass is 9.87. The van der Waals surface area contributed by atoms with Gasteiger partial charge >= 0.3 is 77.6 Å². The molecule has 0 N–H and O–H groups in total. The maximum absolute atomic E-state index is 12.0. The van der Waals surface area contributed by atoms with E-state index in [1.807, 2.05) is 111 Å². The van der Waals surface area contributed by atoms with Crippen LogP contribution in [0.4, 0.5) is 0 Å². The second kappa shape index (κ2) is 36.1. The van der Waals surface area contributed by atoms with E-state index in [-0.39, 0.29) is 66.8 Å². The summed E-state index contributed by atoms with van der Waals surface area (Å²) in [5.74, 6) is -5.13. The molecular formula is C73H120O26. The summed E-state index contributed by atoms with van der Waals surface area (Å²) in [5.41, 5.74) is -7.60. The number of carbonyl (C=O) groups excluding carboxylic acids is 13. The Balaban J connectivity index is 0.000000596. The highest BCUT2D eigenvalue weighted by molar-refractivity contribution is 5.88. The Morgan fingerprint density at radius 3 is 1.29 bits per heavy atom. The lowest BCUT2D eigenvalue weighted by Crippen LogP contribution is -2.44. The number of hydrogen-bond donors (Lipinski definition) is 0. The predicted molar refractivity (Wildman–Crippen MR) is 359 cm³/mol. The zero-order chi connectivity index (χ0) is 77.1. The van der Waals surface area contributed by atoms with Crippen molar-refractivity contribution in [3.63, 3.8) is 0 Å². The third-order valence-electron chi connectivity index (χ3n) is 19.2. The number of rotatable bonds is 21. The predicted octanol–water partition coefficient (Wildman–Crippen LogP) is 11.2. The summed E-state index contributed by atoms with van der Waals surface area (Å²) >= 11 is 0. The lowest BCUT2D eigenvalue weighted by Gasteiger charge is -2.35. The number of esters is 13. The molecular weight excluding hydrogens is 1290 g/mol. The first kappa shape index (κ1) is 90.1. The molecule has 0 bridgehead atoms. The van der Waals surface area contributed by atoms with Crippen molar-refractivity contribution >= 4 is 77.6 Å². The summed E-state index contributed by atoms with van der Waals surface area (Å²) in [6.45, 7) is 50.2. The molecule has 7 atom stereocenters. The van der Waals surface area contributed by atoms with Gasteiger partial charge in [0.1, 0.15) is 23.9 Å². The summed E-state index contributed by atoms with van der Waals surface area (Å²) in [5, 5.41) is 0. The van der Waals surface area contributed by atoms with Gasteiger partial charge in [-0.3, -0.25) is 38.4 Å². The van der Waals surface area contributed by atoms with E-state index in [1.165, 1.54) is 13.8 Å². The van der Waals surface area contributed by atoms with Crippen molar-refractivity contribution in [1.82, 2.24) is 0 Å². The summed E-state index contributed by atoms with van der Waals surface area (Å²) in [4.78, 5) is 151. The Hall–Kier alpha value is -6.89. The molecule has 0 aromatic carbocycles. The zero-order valence-electron chi connectivity index (χ0n) is 64.5. The van der Waals surface area contributed by atoms with E-state index in [2.05, 4.69) is 0 Å². The van der Waals surface area contributed by atoms with Crippen LogP contribution in [0.15, 0.2) is 0 Å². The molecule has 26 nitrogen and oxygen atoms in total. The summed E-state index contributed by atoms with van der Waals surface area (Å²) in [7, 11) is 0. The van der Waals surface area contributed by atoms with Crippen molar-refractivity contribution in [1.29, 1.82) is 0 Å². The van der Waals surface area contributed by atoms with Gasteiger partial charge in [-0.1, -0.05) is 55.4 Å². The molecule has 0 amide bonds. The Labute approximate surface area is 587 Å². The summed E-state index contributed by atoms with van der Waals surface area (Å²) in [6.07, 6.45) is 3.81. The topological polar surface area (TPSA) is 342 Å². The van der Waals surface area contributed by atoms with E-state index in [9.17, 15) is 62.3 Å². The first-order chi connectivity index (χ1) is 45.0. The van der Waals surface area contributed by atoms with Crippen LogP contribution in [-0.2, 0) is 124 Å². The van der Waals surface area contributed by atoms with E-state index in [1.54, 1.807) is 62.3 Å². The molecule has 0 aromatic rings. The lowest BCUT2D eigenvalue weighted by molar-refractivity contribution is -0.188. The van der Waals surface area contributed by atoms with Crippen molar-refractivity contribution in [2.45, 2.75) is 311 Å². The monoisotopic (exact) mass is 1410 g/mol. The molecule has 26 heteroatoms. The van der Waals surface area contributed by atoms with Crippen LogP contribution < -0.4 is 0 Å². The standard InChI is InChI=1S/C14H22O6.C13H22O4.2C12H20O4.2C11H18O4/c1-6-13(2,3)11(16)20-14(4,5)12(17)19-9-7-8-18-10(9)15;1-6-12(2,3)11(15)17-13(4,5)9-7-10(14)16-8-9;1-6-11(2,3)10(14)16-8-9(13)15-7-12(8,4)5;1-5-11(2,3)10(14)16-12(4)6-7-15-9(13)8-12;1-5-10(2,3)8(12)15-11(4)6-7-14-9(11)13;1-5-11(3,4)10(13)15-8-6-7(2)14-9(8)12/h9H,6-8H2,1-5H3;9H,6-8H2,1-5H3;8H,6-7H2,1-5H3;5-8H2,1-4H3;5-7H2,1-4H3;7-8H,5-6H2,1-4H3. The fraction of sp³-hybridized carbons (Fsp3) is 0.822. The Bertz CT molecular complexity index is 2850. The van der Waals surface area contributed by atoms with E-state index >= 15 is 0 Å². The fourth-order valence-corrected chi connectivity index (χ4v) is 8.16. The number of hydrogen-bond acceptors (Lipinski definition) is 26. The maximum Gasteiger partial charge on any atom is 0.350 e. The Morgan fingerprint density at radius 2 is 0.899 bits per heavy atom. The highest BCUT2D eigenvalue weighted by atomic mass is 16.6. The van der Waals surface area contributed by atoms with E-state index in [0.29, 0.717) is 90.6 Å². The van der Waals surface area contributed by atoms with Crippen LogP contribution in [0.1, 0.15) is 264 Å². The number of carbonyl (C=O) groups is 13. The fourth-order valence-electron chi connectivity index (χ4n) is 8.16. The number of cyclic esters (lactones) is 6. The molecule has 6 aliphatic rings. The second-order valence-corrected chi connectivity index (χ2v) is 32.0. The van der Waals surface area contributed by atoms with Gasteiger partial charge in [0.25, 0.3) is 0 Å². The SMILES string of the molecule is CCC(C)(C)C(=O)OC(C)(C)C(=O)OC1CCOC1=O.CCC(C)(C)C(=O)OC(C)(C)C1COC(=O)C1.CCC(C)(C)C(=O)OC1(C)CCOC(=O)C1.CCC(C)(C)C(=O)OC1(C)CCOC1=O.CCC(C)(C)C(=O)OC1C(=O)OCC1(C)C.CCC(C)(C)C(=O)OC1CC(C)OC1=O. The van der Waals surface area contributed by atoms with Gasteiger partial charge in [0, 0.05) is 37.0 Å². The highest BCUT2D eigenvalue weighted by Gasteiger charge is 2.50. The van der Waals surface area contributed by atoms with Crippen molar-refractivity contribution in [3.05, 3.63) is 0 Å². The highest BCUT2D eigenvalue weighted by Crippen LogP contribution is 2.37. The summed E-state index contributed by atoms with van der Waals surface area (Å²) < 4.78 is 66.0. The molecule has 0 saturated carbocycles. The number of ether oxygens (including phenoxy) is 13. The third-order valence-corrected chi connectivity index (χ3v) is 19.2. The van der Waals surface area contributed by atoms with E-state index < -0.39 is 114 Å². The molecule has 6 fully saturated rings. The van der Waals surface area contributed by atoms with Crippen LogP contribution in [0.5, 0.6) is 0 Å². The van der Waals surface area contributed by atoms with Crippen molar-refractivity contribution in [3.8, 4) is 0 Å². The molecule has 6 aliphatic heterocycles. The van der Waals surface area contributed by atoms with Crippen LogP contribution in [0.25, 0.3) is 0 Å². The first-order valence-electron chi connectivity index (χ1n) is 34.6. The Morgan fingerprint density at radius 1 is 0.455 bits per heavy atom. The van der Waals surface area contributed by atoms with E-state index in [4.69, 9.17) is 61.6 Å². The van der Waals surface area contributed by atoms with Gasteiger partial charge in [0.2, 0.25) is 29.5 Å². The normalized spacial score (nSPS) is 23.6. The Kier molecular flexibility index (Phi) is 32.9. The second-order valence-electron chi connectivity index (χ2n) is 32.0. The minimum Gasteiger partial charge on any atom is -0.465 e. The molecule has 568 valence electrons. The van der Waals surface area contributed by atoms with Gasteiger partial charge in [-0.25, -0.2) is 24.0 Å². The molecule has 0 aliphatic carbocycles. The molecule has 7 unspecified atom stereocenters. The summed E-state index contributed by atoms with van der Waals surface area (Å²) in [6, 6.07) is 0. The van der Waals surface area contributed by atoms with Crippen molar-refractivity contribution < 1.29 is 124 Å². The molecule has 6 heterocycles. The van der Waals surface area contributed by atoms with E-state index in [0.717, 1.165) is 6.42 Å². The van der Waals surface area contributed by atoms with Gasteiger partial charge in [0.15, 0.2) is 0 Å². The minimum atomic E-state index is -1.44. The maximum atomic E-state index is 12.0. The van der Waals surface area contributed by atoms with Crippen LogP contribution in [0.2, 0.25) is 0 Å².